The van der Waals surface area contributed by atoms with Crippen LogP contribution in [0.4, 0.5) is 0 Å². The summed E-state index contributed by atoms with van der Waals surface area (Å²) in [6.45, 7) is 3.58. The van der Waals surface area contributed by atoms with E-state index in [1.165, 1.54) is 0 Å². The fourth-order valence-electron chi connectivity index (χ4n) is 2.38. The van der Waals surface area contributed by atoms with Gasteiger partial charge in [0.05, 0.1) is 12.6 Å². The maximum Gasteiger partial charge on any atom is 0.323 e. The van der Waals surface area contributed by atoms with Gasteiger partial charge < -0.3 is 10.1 Å². The highest BCUT2D eigenvalue weighted by atomic mass is 16.5. The second-order valence-electron chi connectivity index (χ2n) is 3.89. The van der Waals surface area contributed by atoms with Gasteiger partial charge in [0.1, 0.15) is 6.04 Å². The molecule has 2 saturated heterocycles. The lowest BCUT2D eigenvalue weighted by molar-refractivity contribution is -0.149. The quantitative estimate of drug-likeness (QED) is 0.628. The number of amides is 1. The molecule has 2 fully saturated rings. The Morgan fingerprint density at radius 1 is 1.60 bits per heavy atom. The topological polar surface area (TPSA) is 58.6 Å². The van der Waals surface area contributed by atoms with Crippen molar-refractivity contribution in [1.29, 1.82) is 0 Å². The van der Waals surface area contributed by atoms with Crippen LogP contribution in [0.5, 0.6) is 0 Å². The summed E-state index contributed by atoms with van der Waals surface area (Å²) >= 11 is 0. The summed E-state index contributed by atoms with van der Waals surface area (Å²) < 4.78 is 5.00. The first-order valence-electron chi connectivity index (χ1n) is 5.44. The number of piperazine rings is 1. The number of rotatable bonds is 2. The molecule has 5 heteroatoms. The van der Waals surface area contributed by atoms with E-state index in [0.29, 0.717) is 13.2 Å². The van der Waals surface area contributed by atoms with Crippen LogP contribution in [-0.2, 0) is 14.3 Å². The van der Waals surface area contributed by atoms with E-state index >= 15 is 0 Å². The van der Waals surface area contributed by atoms with Gasteiger partial charge in [0.2, 0.25) is 5.91 Å². The van der Waals surface area contributed by atoms with Crippen molar-refractivity contribution in [3.63, 3.8) is 0 Å². The molecule has 15 heavy (non-hydrogen) atoms. The van der Waals surface area contributed by atoms with Crippen molar-refractivity contribution in [1.82, 2.24) is 10.2 Å². The largest absolute Gasteiger partial charge is 0.465 e. The van der Waals surface area contributed by atoms with Gasteiger partial charge in [-0.1, -0.05) is 0 Å². The van der Waals surface area contributed by atoms with Crippen molar-refractivity contribution in [2.45, 2.75) is 31.8 Å². The lowest BCUT2D eigenvalue weighted by atomic mass is 10.2. The molecule has 2 aliphatic heterocycles. The highest BCUT2D eigenvalue weighted by molar-refractivity contribution is 5.85. The van der Waals surface area contributed by atoms with Crippen LogP contribution in [0.1, 0.15) is 19.8 Å². The van der Waals surface area contributed by atoms with E-state index in [2.05, 4.69) is 5.32 Å². The Morgan fingerprint density at radius 3 is 3.13 bits per heavy atom. The van der Waals surface area contributed by atoms with Crippen LogP contribution in [0.3, 0.4) is 0 Å². The van der Waals surface area contributed by atoms with Gasteiger partial charge in [-0.15, -0.1) is 0 Å². The molecular weight excluding hydrogens is 196 g/mol. The number of carbonyl (C=O) groups is 2. The Morgan fingerprint density at radius 2 is 2.40 bits per heavy atom. The van der Waals surface area contributed by atoms with E-state index < -0.39 is 0 Å². The highest BCUT2D eigenvalue weighted by Crippen LogP contribution is 2.26. The Bertz CT molecular complexity index is 280. The second-order valence-corrected chi connectivity index (χ2v) is 3.89. The monoisotopic (exact) mass is 212 g/mol. The summed E-state index contributed by atoms with van der Waals surface area (Å²) in [5.74, 6) is -0.136. The molecule has 0 spiro atoms. The summed E-state index contributed by atoms with van der Waals surface area (Å²) in [7, 11) is 0. The Hall–Kier alpha value is -1.10. The second kappa shape index (κ2) is 4.18. The molecule has 84 valence electrons. The van der Waals surface area contributed by atoms with Crippen LogP contribution in [-0.4, -0.2) is 48.6 Å². The van der Waals surface area contributed by atoms with Gasteiger partial charge in [-0.05, 0) is 19.8 Å². The predicted octanol–water partition coefficient (Wildman–Crippen LogP) is -0.488. The van der Waals surface area contributed by atoms with Gasteiger partial charge >= 0.3 is 5.97 Å². The number of carbonyl (C=O) groups excluding carboxylic acids is 2. The lowest BCUT2D eigenvalue weighted by Gasteiger charge is -2.32. The molecule has 2 rings (SSSR count). The molecule has 2 aliphatic rings. The standard InChI is InChI=1S/C10H16N2O3/c1-2-15-10(14)8-4-3-7-9(13)11-5-6-12(7)8/h7-8H,2-6H2,1H3,(H,11,13). The predicted molar refractivity (Wildman–Crippen MR) is 53.2 cm³/mol. The van der Waals surface area contributed by atoms with E-state index in [9.17, 15) is 9.59 Å². The van der Waals surface area contributed by atoms with Gasteiger partial charge in [0, 0.05) is 13.1 Å². The molecular formula is C10H16N2O3. The molecule has 0 saturated carbocycles. The average molecular weight is 212 g/mol. The third-order valence-electron chi connectivity index (χ3n) is 3.04. The van der Waals surface area contributed by atoms with Gasteiger partial charge in [-0.2, -0.15) is 0 Å². The molecule has 0 radical (unpaired) electrons. The van der Waals surface area contributed by atoms with Crippen molar-refractivity contribution in [3.8, 4) is 0 Å². The molecule has 0 aromatic rings. The number of nitrogens with zero attached hydrogens (tertiary/aromatic N) is 1. The van der Waals surface area contributed by atoms with Crippen LogP contribution < -0.4 is 5.32 Å². The molecule has 0 aromatic carbocycles. The summed E-state index contributed by atoms with van der Waals surface area (Å²) in [5, 5.41) is 2.81. The third kappa shape index (κ3) is 1.84. The molecule has 0 bridgehead atoms. The third-order valence-corrected chi connectivity index (χ3v) is 3.04. The SMILES string of the molecule is CCOC(=O)C1CCC2C(=O)NCCN21. The summed E-state index contributed by atoms with van der Waals surface area (Å²) in [6, 6.07) is -0.325. The van der Waals surface area contributed by atoms with Gasteiger partial charge in [0.15, 0.2) is 0 Å². The summed E-state index contributed by atoms with van der Waals surface area (Å²) in [4.78, 5) is 25.1. The fourth-order valence-corrected chi connectivity index (χ4v) is 2.38. The smallest absolute Gasteiger partial charge is 0.323 e. The minimum absolute atomic E-state index is 0.0491. The number of esters is 1. The first-order chi connectivity index (χ1) is 7.24. The Balaban J connectivity index is 2.04. The molecule has 1 N–H and O–H groups in total. The van der Waals surface area contributed by atoms with Crippen molar-refractivity contribution in [2.24, 2.45) is 0 Å². The number of nitrogens with one attached hydrogen (secondary N) is 1. The first kappa shape index (κ1) is 10.4. The van der Waals surface area contributed by atoms with Crippen LogP contribution in [0.2, 0.25) is 0 Å². The molecule has 0 aliphatic carbocycles. The maximum atomic E-state index is 11.6. The normalized spacial score (nSPS) is 30.9. The number of ether oxygens (including phenoxy) is 1. The molecule has 0 aromatic heterocycles. The zero-order chi connectivity index (χ0) is 10.8. The molecule has 1 amide bonds. The van der Waals surface area contributed by atoms with Crippen LogP contribution in [0, 0.1) is 0 Å². The minimum atomic E-state index is -0.207. The van der Waals surface area contributed by atoms with Crippen LogP contribution in [0.25, 0.3) is 0 Å². The minimum Gasteiger partial charge on any atom is -0.465 e. The zero-order valence-corrected chi connectivity index (χ0v) is 8.86. The Labute approximate surface area is 88.8 Å². The first-order valence-corrected chi connectivity index (χ1v) is 5.44. The molecule has 2 heterocycles. The van der Waals surface area contributed by atoms with Crippen LogP contribution >= 0.6 is 0 Å². The van der Waals surface area contributed by atoms with Gasteiger partial charge in [-0.3, -0.25) is 14.5 Å². The summed E-state index contributed by atoms with van der Waals surface area (Å²) in [5.41, 5.74) is 0. The summed E-state index contributed by atoms with van der Waals surface area (Å²) in [6.07, 6.45) is 1.49. The van der Waals surface area contributed by atoms with E-state index in [-0.39, 0.29) is 24.0 Å². The molecule has 2 atom stereocenters. The molecule has 2 unspecified atom stereocenters. The van der Waals surface area contributed by atoms with Crippen LogP contribution in [0.15, 0.2) is 0 Å². The van der Waals surface area contributed by atoms with Crippen molar-refractivity contribution in [3.05, 3.63) is 0 Å². The van der Waals surface area contributed by atoms with Crippen molar-refractivity contribution in [2.75, 3.05) is 19.7 Å². The van der Waals surface area contributed by atoms with Crippen molar-refractivity contribution < 1.29 is 14.3 Å². The number of fused-ring (bicyclic) bond motifs is 1. The van der Waals surface area contributed by atoms with E-state index in [1.54, 1.807) is 6.92 Å². The lowest BCUT2D eigenvalue weighted by Crippen LogP contribution is -2.55. The molecule has 5 nitrogen and oxygen atoms in total. The zero-order valence-electron chi connectivity index (χ0n) is 8.86. The van der Waals surface area contributed by atoms with E-state index in [4.69, 9.17) is 4.74 Å². The van der Waals surface area contributed by atoms with Crippen molar-refractivity contribution >= 4 is 11.9 Å². The maximum absolute atomic E-state index is 11.6. The van der Waals surface area contributed by atoms with Gasteiger partial charge in [-0.25, -0.2) is 0 Å². The number of hydrogen-bond acceptors (Lipinski definition) is 4. The Kier molecular flexibility index (Phi) is 2.90. The van der Waals surface area contributed by atoms with E-state index in [0.717, 1.165) is 19.4 Å². The average Bonchev–Trinajstić information content (AvgIpc) is 2.63. The number of hydrogen-bond donors (Lipinski definition) is 1. The van der Waals surface area contributed by atoms with Gasteiger partial charge in [0.25, 0.3) is 0 Å². The highest BCUT2D eigenvalue weighted by Gasteiger charge is 2.43. The van der Waals surface area contributed by atoms with E-state index in [1.807, 2.05) is 4.90 Å². The fraction of sp³-hybridized carbons (Fsp3) is 0.800.